The number of benzene rings is 2. The van der Waals surface area contributed by atoms with Crippen LogP contribution in [0.15, 0.2) is 73.1 Å². The minimum atomic E-state index is 0.671. The van der Waals surface area contributed by atoms with Gasteiger partial charge in [0.15, 0.2) is 5.11 Å². The van der Waals surface area contributed by atoms with Crippen LogP contribution >= 0.6 is 12.2 Å². The minimum Gasteiger partial charge on any atom is -0.497 e. The van der Waals surface area contributed by atoms with E-state index in [1.807, 2.05) is 36.5 Å². The van der Waals surface area contributed by atoms with Crippen LogP contribution < -0.4 is 10.1 Å². The van der Waals surface area contributed by atoms with Gasteiger partial charge in [0.2, 0.25) is 0 Å². The number of aryl methyl sites for hydroxylation is 1. The zero-order valence-electron chi connectivity index (χ0n) is 15.6. The van der Waals surface area contributed by atoms with Crippen molar-refractivity contribution in [1.82, 2.24) is 9.88 Å². The van der Waals surface area contributed by atoms with Crippen LogP contribution in [0.3, 0.4) is 0 Å². The molecule has 0 saturated heterocycles. The molecule has 27 heavy (non-hydrogen) atoms. The molecule has 3 rings (SSSR count). The molecule has 1 N–H and O–H groups in total. The van der Waals surface area contributed by atoms with E-state index in [0.29, 0.717) is 11.7 Å². The van der Waals surface area contributed by atoms with Crippen LogP contribution in [0.5, 0.6) is 5.75 Å². The number of hydrogen-bond acceptors (Lipinski definition) is 3. The lowest BCUT2D eigenvalue weighted by molar-refractivity contribution is 0.412. The summed E-state index contributed by atoms with van der Waals surface area (Å²) in [4.78, 5) is 6.35. The van der Waals surface area contributed by atoms with Crippen molar-refractivity contribution in [3.8, 4) is 5.75 Å². The summed E-state index contributed by atoms with van der Waals surface area (Å²) in [5.74, 6) is 0.818. The molecule has 2 aromatic carbocycles. The van der Waals surface area contributed by atoms with Crippen molar-refractivity contribution in [1.29, 1.82) is 0 Å². The Balaban J connectivity index is 1.76. The summed E-state index contributed by atoms with van der Waals surface area (Å²) >= 11 is 5.71. The number of ether oxygens (including phenoxy) is 1. The molecule has 0 atom stereocenters. The van der Waals surface area contributed by atoms with Crippen molar-refractivity contribution in [2.75, 3.05) is 12.4 Å². The Labute approximate surface area is 165 Å². The van der Waals surface area contributed by atoms with Crippen LogP contribution in [-0.2, 0) is 13.1 Å². The summed E-state index contributed by atoms with van der Waals surface area (Å²) < 4.78 is 5.21. The summed E-state index contributed by atoms with van der Waals surface area (Å²) in [5.41, 5.74) is 4.50. The van der Waals surface area contributed by atoms with Crippen LogP contribution in [0.4, 0.5) is 5.69 Å². The summed E-state index contributed by atoms with van der Waals surface area (Å²) in [6, 6.07) is 20.3. The van der Waals surface area contributed by atoms with E-state index >= 15 is 0 Å². The van der Waals surface area contributed by atoms with Gasteiger partial charge in [-0.15, -0.1) is 0 Å². The topological polar surface area (TPSA) is 37.4 Å². The molecule has 0 saturated carbocycles. The molecule has 0 spiro atoms. The van der Waals surface area contributed by atoms with Gasteiger partial charge in [0, 0.05) is 31.2 Å². The van der Waals surface area contributed by atoms with E-state index in [4.69, 9.17) is 17.0 Å². The number of nitrogens with zero attached hydrogens (tertiary/aromatic N) is 2. The highest BCUT2D eigenvalue weighted by Crippen LogP contribution is 2.17. The average Bonchev–Trinajstić information content (AvgIpc) is 2.70. The van der Waals surface area contributed by atoms with Gasteiger partial charge in [0.05, 0.1) is 7.11 Å². The first-order valence-electron chi connectivity index (χ1n) is 8.78. The maximum absolute atomic E-state index is 5.71. The van der Waals surface area contributed by atoms with Crippen LogP contribution in [0, 0.1) is 6.92 Å². The predicted molar refractivity (Wildman–Crippen MR) is 114 cm³/mol. The Morgan fingerprint density at radius 1 is 1.00 bits per heavy atom. The zero-order valence-corrected chi connectivity index (χ0v) is 16.4. The van der Waals surface area contributed by atoms with E-state index in [-0.39, 0.29) is 0 Å². The molecule has 5 heteroatoms. The number of methoxy groups -OCH3 is 1. The first kappa shape index (κ1) is 18.9. The van der Waals surface area contributed by atoms with Crippen molar-refractivity contribution in [3.05, 3.63) is 89.7 Å². The second kappa shape index (κ2) is 9.14. The highest BCUT2D eigenvalue weighted by Gasteiger charge is 2.12. The van der Waals surface area contributed by atoms with E-state index in [1.54, 1.807) is 13.3 Å². The number of pyridine rings is 1. The van der Waals surface area contributed by atoms with Crippen molar-refractivity contribution in [2.45, 2.75) is 20.0 Å². The third-order valence-corrected chi connectivity index (χ3v) is 4.58. The highest BCUT2D eigenvalue weighted by molar-refractivity contribution is 7.80. The molecular formula is C22H23N3OS. The maximum atomic E-state index is 5.71. The molecule has 0 unspecified atom stereocenters. The molecule has 0 aliphatic heterocycles. The number of rotatable bonds is 6. The SMILES string of the molecule is COc1ccc(NC(=S)N(Cc2ccc(C)cc2)Cc2cccnc2)cc1. The van der Waals surface area contributed by atoms with Gasteiger partial charge in [-0.05, 0) is 60.6 Å². The number of aromatic nitrogens is 1. The van der Waals surface area contributed by atoms with Gasteiger partial charge in [0.25, 0.3) is 0 Å². The van der Waals surface area contributed by atoms with Crippen LogP contribution in [0.2, 0.25) is 0 Å². The van der Waals surface area contributed by atoms with Gasteiger partial charge in [-0.1, -0.05) is 35.9 Å². The van der Waals surface area contributed by atoms with E-state index < -0.39 is 0 Å². The third-order valence-electron chi connectivity index (χ3n) is 4.22. The summed E-state index contributed by atoms with van der Waals surface area (Å²) in [5, 5.41) is 4.00. The van der Waals surface area contributed by atoms with Gasteiger partial charge in [-0.2, -0.15) is 0 Å². The molecule has 1 aromatic heterocycles. The molecule has 4 nitrogen and oxygen atoms in total. The molecule has 3 aromatic rings. The summed E-state index contributed by atoms with van der Waals surface area (Å²) in [6.07, 6.45) is 3.65. The largest absolute Gasteiger partial charge is 0.497 e. The van der Waals surface area contributed by atoms with Gasteiger partial charge in [-0.3, -0.25) is 4.98 Å². The first-order chi connectivity index (χ1) is 13.1. The Bertz CT molecular complexity index is 864. The first-order valence-corrected chi connectivity index (χ1v) is 9.19. The Kier molecular flexibility index (Phi) is 6.39. The Morgan fingerprint density at radius 2 is 1.70 bits per heavy atom. The number of nitrogens with one attached hydrogen (secondary N) is 1. The van der Waals surface area contributed by atoms with Gasteiger partial charge >= 0.3 is 0 Å². The Hall–Kier alpha value is -2.92. The lowest BCUT2D eigenvalue weighted by Crippen LogP contribution is -2.33. The molecule has 1 heterocycles. The lowest BCUT2D eigenvalue weighted by Gasteiger charge is -2.26. The molecular weight excluding hydrogens is 354 g/mol. The molecule has 0 aliphatic carbocycles. The number of hydrogen-bond donors (Lipinski definition) is 1. The van der Waals surface area contributed by atoms with Crippen molar-refractivity contribution in [2.24, 2.45) is 0 Å². The van der Waals surface area contributed by atoms with Gasteiger partial charge < -0.3 is 15.0 Å². The van der Waals surface area contributed by atoms with Gasteiger partial charge in [-0.25, -0.2) is 0 Å². The smallest absolute Gasteiger partial charge is 0.174 e. The van der Waals surface area contributed by atoms with Gasteiger partial charge in [0.1, 0.15) is 5.75 Å². The number of thiocarbonyl (C=S) groups is 1. The third kappa shape index (κ3) is 5.53. The summed E-state index contributed by atoms with van der Waals surface area (Å²) in [7, 11) is 1.66. The van der Waals surface area contributed by atoms with E-state index in [2.05, 4.69) is 52.5 Å². The molecule has 138 valence electrons. The molecule has 0 radical (unpaired) electrons. The normalized spacial score (nSPS) is 10.3. The fourth-order valence-electron chi connectivity index (χ4n) is 2.70. The summed E-state index contributed by atoms with van der Waals surface area (Å²) in [6.45, 7) is 3.49. The highest BCUT2D eigenvalue weighted by atomic mass is 32.1. The minimum absolute atomic E-state index is 0.671. The quantitative estimate of drug-likeness (QED) is 0.625. The lowest BCUT2D eigenvalue weighted by atomic mass is 10.1. The Morgan fingerprint density at radius 3 is 2.33 bits per heavy atom. The van der Waals surface area contributed by atoms with Crippen molar-refractivity contribution in [3.63, 3.8) is 0 Å². The fourth-order valence-corrected chi connectivity index (χ4v) is 2.95. The maximum Gasteiger partial charge on any atom is 0.174 e. The molecule has 0 amide bonds. The van der Waals surface area contributed by atoms with Crippen molar-refractivity contribution < 1.29 is 4.74 Å². The van der Waals surface area contributed by atoms with E-state index in [9.17, 15) is 0 Å². The second-order valence-corrected chi connectivity index (χ2v) is 6.75. The fraction of sp³-hybridized carbons (Fsp3) is 0.182. The van der Waals surface area contributed by atoms with Crippen LogP contribution in [-0.4, -0.2) is 22.1 Å². The predicted octanol–water partition coefficient (Wildman–Crippen LogP) is 4.80. The van der Waals surface area contributed by atoms with Crippen LogP contribution in [0.1, 0.15) is 16.7 Å². The molecule has 0 fully saturated rings. The number of anilines is 1. The molecule has 0 bridgehead atoms. The zero-order chi connectivity index (χ0) is 19.1. The monoisotopic (exact) mass is 377 g/mol. The van der Waals surface area contributed by atoms with E-state index in [1.165, 1.54) is 11.1 Å². The molecule has 0 aliphatic rings. The van der Waals surface area contributed by atoms with E-state index in [0.717, 1.165) is 23.5 Å². The average molecular weight is 378 g/mol. The van der Waals surface area contributed by atoms with Crippen LogP contribution in [0.25, 0.3) is 0 Å². The second-order valence-electron chi connectivity index (χ2n) is 6.36. The van der Waals surface area contributed by atoms with Crippen molar-refractivity contribution >= 4 is 23.0 Å². The standard InChI is InChI=1S/C22H23N3OS/c1-17-5-7-18(8-6-17)15-25(16-19-4-3-13-23-14-19)22(27)24-20-9-11-21(26-2)12-10-20/h3-14H,15-16H2,1-2H3,(H,24,27).